The molecule has 2 atom stereocenters. The van der Waals surface area contributed by atoms with Gasteiger partial charge in [0.25, 0.3) is 0 Å². The second-order valence-corrected chi connectivity index (χ2v) is 4.23. The van der Waals surface area contributed by atoms with Gasteiger partial charge in [0.1, 0.15) is 0 Å². The van der Waals surface area contributed by atoms with E-state index in [0.29, 0.717) is 6.42 Å². The van der Waals surface area contributed by atoms with Gasteiger partial charge in [-0.3, -0.25) is 4.79 Å². The number of hydrogen-bond acceptors (Lipinski definition) is 3. The lowest BCUT2D eigenvalue weighted by Crippen LogP contribution is -2.42. The van der Waals surface area contributed by atoms with Gasteiger partial charge in [-0.1, -0.05) is 27.2 Å². The number of esters is 1. The molecular weight excluding hydrogens is 190 g/mol. The Hall–Kier alpha value is -0.570. The van der Waals surface area contributed by atoms with E-state index in [-0.39, 0.29) is 17.4 Å². The summed E-state index contributed by atoms with van der Waals surface area (Å²) >= 11 is 0. The topological polar surface area (TPSA) is 52.3 Å². The summed E-state index contributed by atoms with van der Waals surface area (Å²) in [6, 6.07) is 0.0848. The lowest BCUT2D eigenvalue weighted by atomic mass is 9.71. The molecule has 0 saturated heterocycles. The van der Waals surface area contributed by atoms with E-state index >= 15 is 0 Å². The normalized spacial score (nSPS) is 16.9. The van der Waals surface area contributed by atoms with Crippen molar-refractivity contribution >= 4 is 5.97 Å². The van der Waals surface area contributed by atoms with Crippen LogP contribution in [0.25, 0.3) is 0 Å². The lowest BCUT2D eigenvalue weighted by Gasteiger charge is -2.37. The van der Waals surface area contributed by atoms with Gasteiger partial charge in [0.05, 0.1) is 13.5 Å². The monoisotopic (exact) mass is 215 g/mol. The Balaban J connectivity index is 4.71. The molecule has 90 valence electrons. The average Bonchev–Trinajstić information content (AvgIpc) is 2.26. The third-order valence-corrected chi connectivity index (χ3v) is 3.40. The molecule has 0 heterocycles. The molecule has 0 radical (unpaired) electrons. The first-order valence-electron chi connectivity index (χ1n) is 5.88. The molecule has 2 N–H and O–H groups in total. The first-order chi connectivity index (χ1) is 7.06. The number of nitrogens with two attached hydrogens (primary N) is 1. The highest BCUT2D eigenvalue weighted by Crippen LogP contribution is 2.36. The molecule has 0 aromatic heterocycles. The molecule has 0 aromatic rings. The van der Waals surface area contributed by atoms with Crippen LogP contribution >= 0.6 is 0 Å². The van der Waals surface area contributed by atoms with Crippen molar-refractivity contribution in [2.45, 2.75) is 58.9 Å². The number of carbonyl (C=O) groups is 1. The van der Waals surface area contributed by atoms with Crippen LogP contribution in [0.3, 0.4) is 0 Å². The fourth-order valence-electron chi connectivity index (χ4n) is 2.26. The van der Waals surface area contributed by atoms with Gasteiger partial charge in [-0.25, -0.2) is 0 Å². The Kier molecular flexibility index (Phi) is 6.57. The van der Waals surface area contributed by atoms with Gasteiger partial charge >= 0.3 is 5.97 Å². The van der Waals surface area contributed by atoms with Gasteiger partial charge in [0, 0.05) is 6.04 Å². The molecule has 3 heteroatoms. The third kappa shape index (κ3) is 3.82. The summed E-state index contributed by atoms with van der Waals surface area (Å²) in [4.78, 5) is 11.4. The van der Waals surface area contributed by atoms with Crippen LogP contribution in [0.15, 0.2) is 0 Å². The Labute approximate surface area is 93.4 Å². The maximum Gasteiger partial charge on any atom is 0.306 e. The zero-order valence-electron chi connectivity index (χ0n) is 10.5. The van der Waals surface area contributed by atoms with E-state index < -0.39 is 0 Å². The van der Waals surface area contributed by atoms with Crippen LogP contribution in [-0.2, 0) is 9.53 Å². The molecule has 0 saturated carbocycles. The van der Waals surface area contributed by atoms with E-state index in [2.05, 4.69) is 20.8 Å². The van der Waals surface area contributed by atoms with Gasteiger partial charge in [-0.2, -0.15) is 0 Å². The Morgan fingerprint density at radius 2 is 2.00 bits per heavy atom. The van der Waals surface area contributed by atoms with Crippen LogP contribution in [0.4, 0.5) is 0 Å². The highest BCUT2D eigenvalue weighted by Gasteiger charge is 2.35. The number of hydrogen-bond donors (Lipinski definition) is 1. The fourth-order valence-corrected chi connectivity index (χ4v) is 2.26. The van der Waals surface area contributed by atoms with E-state index in [9.17, 15) is 4.79 Å². The molecular formula is C12H25NO2. The number of rotatable bonds is 7. The van der Waals surface area contributed by atoms with E-state index in [1.54, 1.807) is 0 Å². The van der Waals surface area contributed by atoms with Crippen LogP contribution in [0.1, 0.15) is 52.9 Å². The van der Waals surface area contributed by atoms with Crippen molar-refractivity contribution in [1.82, 2.24) is 0 Å². The van der Waals surface area contributed by atoms with Crippen LogP contribution in [-0.4, -0.2) is 19.1 Å². The van der Waals surface area contributed by atoms with E-state index in [1.165, 1.54) is 7.11 Å². The van der Waals surface area contributed by atoms with Gasteiger partial charge in [0.15, 0.2) is 0 Å². The van der Waals surface area contributed by atoms with E-state index in [4.69, 9.17) is 10.5 Å². The smallest absolute Gasteiger partial charge is 0.306 e. The fraction of sp³-hybridized carbons (Fsp3) is 0.917. The van der Waals surface area contributed by atoms with Crippen LogP contribution < -0.4 is 5.73 Å². The molecule has 0 rings (SSSR count). The second kappa shape index (κ2) is 6.83. The molecule has 0 fully saturated rings. The molecule has 0 spiro atoms. The predicted octanol–water partition coefficient (Wildman–Crippen LogP) is 2.48. The molecule has 3 nitrogen and oxygen atoms in total. The summed E-state index contributed by atoms with van der Waals surface area (Å²) in [7, 11) is 1.44. The SMILES string of the molecule is CCCC(CC)(CC(=O)OC)C(N)CC. The molecule has 0 aliphatic carbocycles. The first-order valence-corrected chi connectivity index (χ1v) is 5.88. The molecule has 0 aromatic carbocycles. The zero-order valence-corrected chi connectivity index (χ0v) is 10.5. The van der Waals surface area contributed by atoms with E-state index in [1.807, 2.05) is 0 Å². The van der Waals surface area contributed by atoms with Crippen molar-refractivity contribution < 1.29 is 9.53 Å². The minimum Gasteiger partial charge on any atom is -0.469 e. The highest BCUT2D eigenvalue weighted by atomic mass is 16.5. The van der Waals surface area contributed by atoms with Crippen molar-refractivity contribution in [2.75, 3.05) is 7.11 Å². The zero-order chi connectivity index (χ0) is 11.9. The summed E-state index contributed by atoms with van der Waals surface area (Å²) in [5.74, 6) is -0.144. The summed E-state index contributed by atoms with van der Waals surface area (Å²) in [5.41, 5.74) is 6.07. The van der Waals surface area contributed by atoms with Crippen LogP contribution in [0, 0.1) is 5.41 Å². The number of carbonyl (C=O) groups excluding carboxylic acids is 1. The lowest BCUT2D eigenvalue weighted by molar-refractivity contribution is -0.144. The quantitative estimate of drug-likeness (QED) is 0.664. The molecule has 0 amide bonds. The van der Waals surface area contributed by atoms with Gasteiger partial charge in [-0.15, -0.1) is 0 Å². The number of ether oxygens (including phenoxy) is 1. The molecule has 2 unspecified atom stereocenters. The van der Waals surface area contributed by atoms with Crippen molar-refractivity contribution in [3.63, 3.8) is 0 Å². The Bertz CT molecular complexity index is 194. The summed E-state index contributed by atoms with van der Waals surface area (Å²) < 4.78 is 4.75. The third-order valence-electron chi connectivity index (χ3n) is 3.40. The van der Waals surface area contributed by atoms with Crippen molar-refractivity contribution in [2.24, 2.45) is 11.1 Å². The maximum absolute atomic E-state index is 11.4. The van der Waals surface area contributed by atoms with Crippen LogP contribution in [0.2, 0.25) is 0 Å². The second-order valence-electron chi connectivity index (χ2n) is 4.23. The largest absolute Gasteiger partial charge is 0.469 e. The van der Waals surface area contributed by atoms with Gasteiger partial charge in [-0.05, 0) is 24.7 Å². The highest BCUT2D eigenvalue weighted by molar-refractivity contribution is 5.70. The van der Waals surface area contributed by atoms with Gasteiger partial charge < -0.3 is 10.5 Å². The maximum atomic E-state index is 11.4. The number of methoxy groups -OCH3 is 1. The predicted molar refractivity (Wildman–Crippen MR) is 62.5 cm³/mol. The molecule has 15 heavy (non-hydrogen) atoms. The molecule has 0 aliphatic heterocycles. The minimum atomic E-state index is -0.144. The minimum absolute atomic E-state index is 0.0728. The Morgan fingerprint density at radius 1 is 1.40 bits per heavy atom. The molecule has 0 bridgehead atoms. The van der Waals surface area contributed by atoms with Crippen molar-refractivity contribution in [3.8, 4) is 0 Å². The summed E-state index contributed by atoms with van der Waals surface area (Å²) in [6.07, 6.45) is 4.34. The van der Waals surface area contributed by atoms with Gasteiger partial charge in [0.2, 0.25) is 0 Å². The average molecular weight is 215 g/mol. The standard InChI is InChI=1S/C12H25NO2/c1-5-8-12(7-3,10(13)6-2)9-11(14)15-4/h10H,5-9,13H2,1-4H3. The molecule has 0 aliphatic rings. The van der Waals surface area contributed by atoms with Crippen molar-refractivity contribution in [1.29, 1.82) is 0 Å². The van der Waals surface area contributed by atoms with Crippen molar-refractivity contribution in [3.05, 3.63) is 0 Å². The summed E-state index contributed by atoms with van der Waals surface area (Å²) in [6.45, 7) is 6.31. The Morgan fingerprint density at radius 3 is 2.33 bits per heavy atom. The summed E-state index contributed by atoms with van der Waals surface area (Å²) in [5, 5.41) is 0. The first kappa shape index (κ1) is 14.4. The van der Waals surface area contributed by atoms with Crippen LogP contribution in [0.5, 0.6) is 0 Å². The van der Waals surface area contributed by atoms with E-state index in [0.717, 1.165) is 25.7 Å².